The van der Waals surface area contributed by atoms with E-state index in [0.29, 0.717) is 17.0 Å². The minimum atomic E-state index is -0.253. The van der Waals surface area contributed by atoms with Gasteiger partial charge in [0, 0.05) is 6.04 Å². The van der Waals surface area contributed by atoms with E-state index in [2.05, 4.69) is 16.5 Å². The van der Waals surface area contributed by atoms with E-state index in [9.17, 15) is 10.1 Å². The Morgan fingerprint density at radius 2 is 1.55 bits per heavy atom. The summed E-state index contributed by atoms with van der Waals surface area (Å²) in [5.41, 5.74) is 4.17. The average molecular weight is 439 g/mol. The minimum Gasteiger partial charge on any atom is -0.353 e. The van der Waals surface area contributed by atoms with E-state index in [1.54, 1.807) is 4.57 Å². The summed E-state index contributed by atoms with van der Waals surface area (Å²) in [5, 5.41) is 17.7. The number of anilines is 1. The number of aromatic nitrogens is 4. The van der Waals surface area contributed by atoms with Crippen molar-refractivity contribution in [2.45, 2.75) is 52.0 Å². The monoisotopic (exact) mass is 438 g/mol. The Bertz CT molecular complexity index is 1400. The van der Waals surface area contributed by atoms with Crippen LogP contribution in [0, 0.1) is 25.2 Å². The van der Waals surface area contributed by atoms with E-state index >= 15 is 0 Å². The quantitative estimate of drug-likeness (QED) is 0.494. The topological polar surface area (TPSA) is 88.5 Å². The van der Waals surface area contributed by atoms with Crippen molar-refractivity contribution in [3.05, 3.63) is 75.7 Å². The molecule has 0 spiro atoms. The SMILES string of the molecule is Cc1ccc(-n2c(NC3CCCCC3)nc3c(C#N)nn(-c4ccc(C)cc4)c3c2=O)cc1. The lowest BCUT2D eigenvalue weighted by atomic mass is 9.96. The van der Waals surface area contributed by atoms with Gasteiger partial charge in [-0.2, -0.15) is 10.4 Å². The number of nitrogens with one attached hydrogen (secondary N) is 1. The van der Waals surface area contributed by atoms with Crippen LogP contribution in [-0.2, 0) is 0 Å². The molecule has 0 amide bonds. The maximum Gasteiger partial charge on any atom is 0.286 e. The van der Waals surface area contributed by atoms with Crippen LogP contribution in [0.1, 0.15) is 48.9 Å². The normalized spacial score (nSPS) is 14.3. The molecule has 0 atom stereocenters. The van der Waals surface area contributed by atoms with Crippen molar-refractivity contribution in [2.75, 3.05) is 5.32 Å². The average Bonchev–Trinajstić information content (AvgIpc) is 3.20. The Morgan fingerprint density at radius 3 is 2.15 bits per heavy atom. The highest BCUT2D eigenvalue weighted by atomic mass is 16.1. The molecule has 33 heavy (non-hydrogen) atoms. The summed E-state index contributed by atoms with van der Waals surface area (Å²) >= 11 is 0. The molecule has 4 aromatic rings. The summed E-state index contributed by atoms with van der Waals surface area (Å²) in [5.74, 6) is 0.461. The summed E-state index contributed by atoms with van der Waals surface area (Å²) in [6.07, 6.45) is 5.62. The molecule has 1 N–H and O–H groups in total. The lowest BCUT2D eigenvalue weighted by Gasteiger charge is -2.25. The van der Waals surface area contributed by atoms with Gasteiger partial charge in [0.15, 0.2) is 11.2 Å². The van der Waals surface area contributed by atoms with Gasteiger partial charge in [0.2, 0.25) is 5.95 Å². The molecule has 2 heterocycles. The van der Waals surface area contributed by atoms with Crippen LogP contribution in [0.5, 0.6) is 0 Å². The molecule has 1 fully saturated rings. The van der Waals surface area contributed by atoms with Crippen molar-refractivity contribution >= 4 is 17.0 Å². The first kappa shape index (κ1) is 21.0. The van der Waals surface area contributed by atoms with Gasteiger partial charge in [-0.05, 0) is 51.0 Å². The van der Waals surface area contributed by atoms with Gasteiger partial charge in [0.1, 0.15) is 11.6 Å². The number of benzene rings is 2. The van der Waals surface area contributed by atoms with E-state index in [1.807, 2.05) is 62.4 Å². The molecule has 0 aliphatic heterocycles. The van der Waals surface area contributed by atoms with Crippen LogP contribution in [0.15, 0.2) is 53.3 Å². The molecule has 1 aliphatic carbocycles. The summed E-state index contributed by atoms with van der Waals surface area (Å²) in [6, 6.07) is 17.9. The molecule has 0 unspecified atom stereocenters. The van der Waals surface area contributed by atoms with Crippen LogP contribution in [-0.4, -0.2) is 25.4 Å². The van der Waals surface area contributed by atoms with E-state index in [-0.39, 0.29) is 17.3 Å². The Kier molecular flexibility index (Phi) is 5.43. The zero-order chi connectivity index (χ0) is 22.9. The Hall–Kier alpha value is -3.92. The largest absolute Gasteiger partial charge is 0.353 e. The zero-order valence-corrected chi connectivity index (χ0v) is 18.9. The first-order chi connectivity index (χ1) is 16.0. The van der Waals surface area contributed by atoms with Crippen LogP contribution in [0.4, 0.5) is 5.95 Å². The van der Waals surface area contributed by atoms with Gasteiger partial charge in [-0.1, -0.05) is 54.7 Å². The number of nitrogens with zero attached hydrogens (tertiary/aromatic N) is 5. The lowest BCUT2D eigenvalue weighted by Crippen LogP contribution is -2.30. The first-order valence-corrected chi connectivity index (χ1v) is 11.4. The Morgan fingerprint density at radius 1 is 0.939 bits per heavy atom. The number of fused-ring (bicyclic) bond motifs is 1. The third kappa shape index (κ3) is 3.89. The van der Waals surface area contributed by atoms with Crippen molar-refractivity contribution in [2.24, 2.45) is 0 Å². The highest BCUT2D eigenvalue weighted by molar-refractivity contribution is 5.82. The van der Waals surface area contributed by atoms with Crippen LogP contribution < -0.4 is 10.9 Å². The number of aryl methyl sites for hydroxylation is 2. The summed E-state index contributed by atoms with van der Waals surface area (Å²) in [7, 11) is 0. The van der Waals surface area contributed by atoms with E-state index in [1.165, 1.54) is 11.1 Å². The van der Waals surface area contributed by atoms with Gasteiger partial charge < -0.3 is 5.32 Å². The van der Waals surface area contributed by atoms with E-state index in [4.69, 9.17) is 4.98 Å². The lowest BCUT2D eigenvalue weighted by molar-refractivity contribution is 0.460. The van der Waals surface area contributed by atoms with Crippen molar-refractivity contribution in [3.8, 4) is 17.4 Å². The molecule has 2 aromatic heterocycles. The van der Waals surface area contributed by atoms with Crippen LogP contribution in [0.25, 0.3) is 22.4 Å². The van der Waals surface area contributed by atoms with Gasteiger partial charge in [-0.25, -0.2) is 14.2 Å². The predicted octanol–water partition coefficient (Wildman–Crippen LogP) is 4.80. The fourth-order valence-corrected chi connectivity index (χ4v) is 4.47. The summed E-state index contributed by atoms with van der Waals surface area (Å²) < 4.78 is 3.15. The zero-order valence-electron chi connectivity index (χ0n) is 18.9. The highest BCUT2D eigenvalue weighted by Gasteiger charge is 2.24. The highest BCUT2D eigenvalue weighted by Crippen LogP contribution is 2.25. The predicted molar refractivity (Wildman–Crippen MR) is 129 cm³/mol. The molecular formula is C26H26N6O. The maximum absolute atomic E-state index is 14.0. The van der Waals surface area contributed by atoms with Crippen LogP contribution >= 0.6 is 0 Å². The number of rotatable bonds is 4. The fraction of sp³-hybridized carbons (Fsp3) is 0.308. The van der Waals surface area contributed by atoms with Gasteiger partial charge in [-0.15, -0.1) is 0 Å². The minimum absolute atomic E-state index is 0.144. The number of nitriles is 1. The third-order valence-electron chi connectivity index (χ3n) is 6.31. The molecule has 0 bridgehead atoms. The maximum atomic E-state index is 14.0. The van der Waals surface area contributed by atoms with Crippen LogP contribution in [0.2, 0.25) is 0 Å². The molecular weight excluding hydrogens is 412 g/mol. The van der Waals surface area contributed by atoms with Crippen molar-refractivity contribution in [3.63, 3.8) is 0 Å². The second kappa shape index (κ2) is 8.55. The number of hydrogen-bond donors (Lipinski definition) is 1. The van der Waals surface area contributed by atoms with Gasteiger partial charge >= 0.3 is 0 Å². The van der Waals surface area contributed by atoms with Gasteiger partial charge in [0.05, 0.1) is 11.4 Å². The number of hydrogen-bond acceptors (Lipinski definition) is 5. The molecule has 166 valence electrons. The standard InChI is InChI=1S/C26H26N6O/c1-17-8-12-20(13-9-17)31-25(33)24-23(29-26(31)28-19-6-4-3-5-7-19)22(16-27)30-32(24)21-14-10-18(2)11-15-21/h8-15,19H,3-7H2,1-2H3,(H,28,29). The fourth-order valence-electron chi connectivity index (χ4n) is 4.47. The van der Waals surface area contributed by atoms with Crippen molar-refractivity contribution < 1.29 is 0 Å². The van der Waals surface area contributed by atoms with E-state index in [0.717, 1.165) is 48.2 Å². The molecule has 1 saturated carbocycles. The van der Waals surface area contributed by atoms with Crippen molar-refractivity contribution in [1.82, 2.24) is 19.3 Å². The molecule has 0 radical (unpaired) electrons. The smallest absolute Gasteiger partial charge is 0.286 e. The molecule has 0 saturated heterocycles. The van der Waals surface area contributed by atoms with E-state index < -0.39 is 0 Å². The van der Waals surface area contributed by atoms with Crippen LogP contribution in [0.3, 0.4) is 0 Å². The molecule has 5 rings (SSSR count). The molecule has 7 heteroatoms. The molecule has 1 aliphatic rings. The Labute approximate surface area is 192 Å². The summed E-state index contributed by atoms with van der Waals surface area (Å²) in [6.45, 7) is 4.02. The molecule has 2 aromatic carbocycles. The summed E-state index contributed by atoms with van der Waals surface area (Å²) in [4.78, 5) is 18.8. The molecule has 7 nitrogen and oxygen atoms in total. The second-order valence-corrected chi connectivity index (χ2v) is 8.80. The van der Waals surface area contributed by atoms with Gasteiger partial charge in [0.25, 0.3) is 5.56 Å². The van der Waals surface area contributed by atoms with Crippen molar-refractivity contribution in [1.29, 1.82) is 5.26 Å². The first-order valence-electron chi connectivity index (χ1n) is 11.4. The van der Waals surface area contributed by atoms with Gasteiger partial charge in [-0.3, -0.25) is 4.79 Å². The second-order valence-electron chi connectivity index (χ2n) is 8.80. The Balaban J connectivity index is 1.77. The third-order valence-corrected chi connectivity index (χ3v) is 6.31.